The van der Waals surface area contributed by atoms with Gasteiger partial charge in [0.05, 0.1) is 12.1 Å². The summed E-state index contributed by atoms with van der Waals surface area (Å²) in [6, 6.07) is 11.1. The summed E-state index contributed by atoms with van der Waals surface area (Å²) in [5.41, 5.74) is 8.96. The van der Waals surface area contributed by atoms with Crippen molar-refractivity contribution in [1.82, 2.24) is 24.4 Å². The number of nitrogens with two attached hydrogens (primary N) is 1. The van der Waals surface area contributed by atoms with Crippen molar-refractivity contribution < 1.29 is 14.5 Å². The number of anilines is 1. The zero-order valence-corrected chi connectivity index (χ0v) is 17.1. The van der Waals surface area contributed by atoms with Gasteiger partial charge in [0.25, 0.3) is 5.91 Å². The number of guanidine groups is 1. The van der Waals surface area contributed by atoms with E-state index in [2.05, 4.69) is 25.6 Å². The van der Waals surface area contributed by atoms with Gasteiger partial charge in [-0.1, -0.05) is 28.5 Å². The highest BCUT2D eigenvalue weighted by atomic mass is 16.5. The van der Waals surface area contributed by atoms with E-state index < -0.39 is 0 Å². The minimum Gasteiger partial charge on any atom is -0.408 e. The van der Waals surface area contributed by atoms with E-state index in [1.807, 2.05) is 43.3 Å². The molecule has 0 unspecified atom stereocenters. The fourth-order valence-corrected chi connectivity index (χ4v) is 3.59. The number of carbonyl (C=O) groups excluding carboxylic acids is 1. The van der Waals surface area contributed by atoms with Crippen molar-refractivity contribution >= 4 is 23.2 Å². The second-order valence-electron chi connectivity index (χ2n) is 7.57. The molecular weight excluding hydrogens is 412 g/mol. The molecule has 4 heterocycles. The monoisotopic (exact) mass is 432 g/mol. The van der Waals surface area contributed by atoms with Crippen molar-refractivity contribution in [2.75, 3.05) is 18.4 Å². The molecule has 162 valence electrons. The fraction of sp³-hybridized carbons (Fsp3) is 0.190. The molecule has 1 saturated heterocycles. The van der Waals surface area contributed by atoms with Gasteiger partial charge in [-0.15, -0.1) is 0 Å². The molecule has 0 saturated carbocycles. The molecule has 3 aromatic heterocycles. The minimum atomic E-state index is -0.268. The van der Waals surface area contributed by atoms with Crippen LogP contribution in [0.3, 0.4) is 0 Å². The van der Waals surface area contributed by atoms with Gasteiger partial charge in [0.15, 0.2) is 0 Å². The number of fused-ring (bicyclic) bond motifs is 1. The smallest absolute Gasteiger partial charge is 0.274 e. The van der Waals surface area contributed by atoms with E-state index in [1.54, 1.807) is 21.7 Å². The van der Waals surface area contributed by atoms with E-state index in [9.17, 15) is 4.79 Å². The topological polar surface area (TPSA) is 147 Å². The van der Waals surface area contributed by atoms with E-state index in [-0.39, 0.29) is 17.8 Å². The van der Waals surface area contributed by atoms with Crippen molar-refractivity contribution in [3.05, 3.63) is 65.9 Å². The van der Waals surface area contributed by atoms with Gasteiger partial charge in [0.2, 0.25) is 17.7 Å². The summed E-state index contributed by atoms with van der Waals surface area (Å²) in [6.45, 7) is 2.98. The lowest BCUT2D eigenvalue weighted by molar-refractivity contribution is 0.102. The predicted octanol–water partition coefficient (Wildman–Crippen LogP) is 2.05. The zero-order valence-electron chi connectivity index (χ0n) is 17.1. The third kappa shape index (κ3) is 3.39. The van der Waals surface area contributed by atoms with Crippen LogP contribution in [0.15, 0.2) is 58.5 Å². The van der Waals surface area contributed by atoms with E-state index in [0.717, 1.165) is 5.56 Å². The Bertz CT molecular complexity index is 1340. The Balaban J connectivity index is 1.34. The first kappa shape index (κ1) is 19.5. The van der Waals surface area contributed by atoms with Gasteiger partial charge in [0.1, 0.15) is 11.3 Å². The molecule has 11 heteroatoms. The molecular formula is C21H20N8O3. The number of carbonyl (C=O) groups is 1. The number of rotatable bonds is 4. The van der Waals surface area contributed by atoms with Crippen LogP contribution in [-0.2, 0) is 0 Å². The summed E-state index contributed by atoms with van der Waals surface area (Å²) in [7, 11) is 0. The lowest BCUT2D eigenvalue weighted by Crippen LogP contribution is -2.51. The number of oxime groups is 1. The molecule has 0 spiro atoms. The third-order valence-electron chi connectivity index (χ3n) is 5.49. The number of aryl methyl sites for hydroxylation is 1. The van der Waals surface area contributed by atoms with Gasteiger partial charge in [-0.05, 0) is 30.7 Å². The van der Waals surface area contributed by atoms with Gasteiger partial charge >= 0.3 is 0 Å². The molecule has 1 aliphatic heterocycles. The van der Waals surface area contributed by atoms with Crippen LogP contribution in [0.1, 0.15) is 27.9 Å². The predicted molar refractivity (Wildman–Crippen MR) is 115 cm³/mol. The first-order chi connectivity index (χ1) is 15.5. The quantitative estimate of drug-likeness (QED) is 0.192. The van der Waals surface area contributed by atoms with Crippen LogP contribution in [0.25, 0.3) is 17.0 Å². The molecule has 0 aliphatic carbocycles. The molecule has 1 amide bonds. The average Bonchev–Trinajstić information content (AvgIpc) is 3.41. The largest absolute Gasteiger partial charge is 0.408 e. The first-order valence-corrected chi connectivity index (χ1v) is 9.94. The zero-order chi connectivity index (χ0) is 22.2. The van der Waals surface area contributed by atoms with Crippen molar-refractivity contribution in [3.8, 4) is 11.4 Å². The Morgan fingerprint density at radius 2 is 2.16 bits per heavy atom. The van der Waals surface area contributed by atoms with Crippen LogP contribution in [0.4, 0.5) is 5.69 Å². The number of nitrogens with zero attached hydrogens (tertiary/aromatic N) is 6. The lowest BCUT2D eigenvalue weighted by Gasteiger charge is -2.36. The van der Waals surface area contributed by atoms with Gasteiger partial charge in [-0.25, -0.2) is 4.98 Å². The highest BCUT2D eigenvalue weighted by Gasteiger charge is 2.34. The van der Waals surface area contributed by atoms with E-state index in [0.29, 0.717) is 47.4 Å². The molecule has 32 heavy (non-hydrogen) atoms. The Hall–Kier alpha value is -4.41. The number of imidazole rings is 1. The van der Waals surface area contributed by atoms with Crippen LogP contribution >= 0.6 is 0 Å². The minimum absolute atomic E-state index is 0.0105. The summed E-state index contributed by atoms with van der Waals surface area (Å²) < 4.78 is 7.15. The summed E-state index contributed by atoms with van der Waals surface area (Å²) in [6.07, 6.45) is 3.34. The number of benzene rings is 1. The summed E-state index contributed by atoms with van der Waals surface area (Å²) in [4.78, 5) is 23.3. The van der Waals surface area contributed by atoms with Crippen molar-refractivity contribution in [2.45, 2.75) is 12.8 Å². The SMILES string of the molecule is Cc1ccc(-c2noc(C3CN(/C(N)=N/O)C3)n2)cc1NC(=O)c1cnc2ccccn12. The number of nitrogens with one attached hydrogen (secondary N) is 1. The Morgan fingerprint density at radius 3 is 2.97 bits per heavy atom. The number of hydrogen-bond acceptors (Lipinski definition) is 7. The van der Waals surface area contributed by atoms with Gasteiger partial charge < -0.3 is 25.7 Å². The van der Waals surface area contributed by atoms with Crippen LogP contribution in [0, 0.1) is 6.92 Å². The standard InChI is InChI=1S/C21H20N8O3/c1-12-5-6-13(18-25-20(32-27-18)14-10-28(11-14)21(22)26-31)8-15(12)24-19(30)16-9-23-17-4-2-3-7-29(16)17/h2-9,14,31H,10-11H2,1H3,(H2,22,26)(H,24,30). The van der Waals surface area contributed by atoms with Crippen molar-refractivity contribution in [1.29, 1.82) is 0 Å². The molecule has 0 atom stereocenters. The molecule has 4 aromatic rings. The summed E-state index contributed by atoms with van der Waals surface area (Å²) >= 11 is 0. The van der Waals surface area contributed by atoms with E-state index >= 15 is 0 Å². The molecule has 0 radical (unpaired) electrons. The third-order valence-corrected chi connectivity index (χ3v) is 5.49. The van der Waals surface area contributed by atoms with E-state index in [1.165, 1.54) is 0 Å². The second-order valence-corrected chi connectivity index (χ2v) is 7.57. The molecule has 1 fully saturated rings. The molecule has 0 bridgehead atoms. The van der Waals surface area contributed by atoms with Crippen molar-refractivity contribution in [3.63, 3.8) is 0 Å². The fourth-order valence-electron chi connectivity index (χ4n) is 3.59. The number of likely N-dealkylation sites (tertiary alicyclic amines) is 1. The van der Waals surface area contributed by atoms with Crippen LogP contribution < -0.4 is 11.1 Å². The Morgan fingerprint density at radius 1 is 1.31 bits per heavy atom. The molecule has 1 aliphatic rings. The van der Waals surface area contributed by atoms with Crippen LogP contribution in [0.5, 0.6) is 0 Å². The normalized spacial score (nSPS) is 14.5. The second kappa shape index (κ2) is 7.69. The average molecular weight is 432 g/mol. The molecule has 5 rings (SSSR count). The van der Waals surface area contributed by atoms with Crippen LogP contribution in [-0.4, -0.2) is 54.6 Å². The first-order valence-electron chi connectivity index (χ1n) is 9.94. The van der Waals surface area contributed by atoms with Gasteiger partial charge in [0, 0.05) is 30.5 Å². The molecule has 1 aromatic carbocycles. The van der Waals surface area contributed by atoms with E-state index in [4.69, 9.17) is 15.5 Å². The summed E-state index contributed by atoms with van der Waals surface area (Å²) in [5.74, 6) is 0.712. The maximum atomic E-state index is 12.9. The maximum Gasteiger partial charge on any atom is 0.274 e. The molecule has 4 N–H and O–H groups in total. The Kier molecular flexibility index (Phi) is 4.70. The van der Waals surface area contributed by atoms with Gasteiger partial charge in [-0.2, -0.15) is 4.98 Å². The summed E-state index contributed by atoms with van der Waals surface area (Å²) in [5, 5.41) is 18.7. The van der Waals surface area contributed by atoms with Crippen LogP contribution in [0.2, 0.25) is 0 Å². The van der Waals surface area contributed by atoms with Crippen molar-refractivity contribution in [2.24, 2.45) is 10.9 Å². The lowest BCUT2D eigenvalue weighted by atomic mass is 10.0. The number of pyridine rings is 1. The molecule has 11 nitrogen and oxygen atoms in total. The number of aromatic nitrogens is 4. The Labute approximate surface area is 182 Å². The number of amides is 1. The van der Waals surface area contributed by atoms with Gasteiger partial charge in [-0.3, -0.25) is 9.20 Å². The number of hydrogen-bond donors (Lipinski definition) is 3. The highest BCUT2D eigenvalue weighted by molar-refractivity contribution is 6.04. The maximum absolute atomic E-state index is 12.9. The highest BCUT2D eigenvalue weighted by Crippen LogP contribution is 2.29.